The summed E-state index contributed by atoms with van der Waals surface area (Å²) < 4.78 is 5.72. The van der Waals surface area contributed by atoms with Crippen LogP contribution in [0.15, 0.2) is 59.7 Å². The number of aryl methyl sites for hydroxylation is 2. The average molecular weight is 358 g/mol. The highest BCUT2D eigenvalue weighted by Gasteiger charge is 2.17. The first-order valence-electron chi connectivity index (χ1n) is 8.87. The van der Waals surface area contributed by atoms with E-state index in [0.29, 0.717) is 18.7 Å². The van der Waals surface area contributed by atoms with Crippen molar-refractivity contribution in [2.45, 2.75) is 26.8 Å². The maximum Gasteiger partial charge on any atom is 0.227 e. The summed E-state index contributed by atoms with van der Waals surface area (Å²) in [4.78, 5) is 14.7. The van der Waals surface area contributed by atoms with Gasteiger partial charge in [0.2, 0.25) is 5.91 Å². The highest BCUT2D eigenvalue weighted by molar-refractivity contribution is 5.89. The third-order valence-corrected chi connectivity index (χ3v) is 4.84. The fourth-order valence-electron chi connectivity index (χ4n) is 3.12. The van der Waals surface area contributed by atoms with Crippen LogP contribution >= 0.6 is 0 Å². The number of fused-ring (bicyclic) bond motifs is 1. The Labute approximate surface area is 159 Å². The molecule has 3 rings (SSSR count). The molecule has 0 bridgehead atoms. The fraction of sp³-hybridized carbons (Fsp3) is 0.217. The van der Waals surface area contributed by atoms with E-state index in [1.54, 1.807) is 29.4 Å². The minimum atomic E-state index is 0.0141. The molecule has 1 amide bonds. The maximum atomic E-state index is 12.9. The molecular weight excluding hydrogens is 336 g/mol. The average Bonchev–Trinajstić information content (AvgIpc) is 3.08. The molecule has 3 aromatic rings. The smallest absolute Gasteiger partial charge is 0.227 e. The number of nitrogens with zero attached hydrogens (tertiary/aromatic N) is 2. The van der Waals surface area contributed by atoms with Crippen LogP contribution < -0.4 is 0 Å². The predicted molar refractivity (Wildman–Crippen MR) is 106 cm³/mol. The molecule has 0 aliphatic carbocycles. The molecule has 2 aromatic carbocycles. The first-order chi connectivity index (χ1) is 13.0. The van der Waals surface area contributed by atoms with Crippen molar-refractivity contribution in [3.63, 3.8) is 0 Å². The molecule has 0 saturated carbocycles. The number of rotatable bonds is 6. The van der Waals surface area contributed by atoms with E-state index in [0.717, 1.165) is 27.7 Å². The molecule has 4 heteroatoms. The number of amides is 1. The highest BCUT2D eigenvalue weighted by Crippen LogP contribution is 2.27. The zero-order valence-corrected chi connectivity index (χ0v) is 15.7. The molecule has 0 aliphatic rings. The van der Waals surface area contributed by atoms with Crippen LogP contribution in [0.25, 0.3) is 11.0 Å². The molecular formula is C23H22N2O2. The van der Waals surface area contributed by atoms with E-state index in [9.17, 15) is 4.79 Å². The number of carbonyl (C=O) groups is 1. The number of hydrogen-bond acceptors (Lipinski definition) is 3. The molecule has 4 nitrogen and oxygen atoms in total. The van der Waals surface area contributed by atoms with Crippen LogP contribution in [0.5, 0.6) is 0 Å². The van der Waals surface area contributed by atoms with Gasteiger partial charge in [-0.3, -0.25) is 4.79 Å². The molecule has 0 radical (unpaired) electrons. The lowest BCUT2D eigenvalue weighted by molar-refractivity contribution is -0.130. The van der Waals surface area contributed by atoms with Gasteiger partial charge in [0.25, 0.3) is 0 Å². The monoisotopic (exact) mass is 358 g/mol. The third-order valence-electron chi connectivity index (χ3n) is 4.84. The van der Waals surface area contributed by atoms with E-state index >= 15 is 0 Å². The van der Waals surface area contributed by atoms with Crippen LogP contribution in [-0.4, -0.2) is 17.4 Å². The van der Waals surface area contributed by atoms with Crippen LogP contribution in [0.1, 0.15) is 27.8 Å². The molecule has 0 unspecified atom stereocenters. The van der Waals surface area contributed by atoms with E-state index in [-0.39, 0.29) is 12.3 Å². The summed E-state index contributed by atoms with van der Waals surface area (Å²) in [6.45, 7) is 8.78. The van der Waals surface area contributed by atoms with Crippen molar-refractivity contribution in [3.8, 4) is 6.07 Å². The summed E-state index contributed by atoms with van der Waals surface area (Å²) in [5.41, 5.74) is 5.60. The second-order valence-electron chi connectivity index (χ2n) is 6.69. The molecule has 0 aliphatic heterocycles. The standard InChI is InChI=1S/C23H22N2O2/c1-4-11-25(14-19-8-6-18(13-24)7-9-19)22(26)12-20-15-27-23-17(3)16(2)5-10-21(20)23/h4-10,15H,1,11-12,14H2,2-3H3. The third kappa shape index (κ3) is 3.93. The molecule has 0 saturated heterocycles. The van der Waals surface area contributed by atoms with Crippen LogP contribution in [0.3, 0.4) is 0 Å². The van der Waals surface area contributed by atoms with Crippen molar-refractivity contribution < 1.29 is 9.21 Å². The number of furan rings is 1. The van der Waals surface area contributed by atoms with Crippen molar-refractivity contribution in [2.75, 3.05) is 6.54 Å². The van der Waals surface area contributed by atoms with E-state index < -0.39 is 0 Å². The van der Waals surface area contributed by atoms with Gasteiger partial charge < -0.3 is 9.32 Å². The second kappa shape index (κ2) is 7.92. The quantitative estimate of drug-likeness (QED) is 0.601. The molecule has 0 atom stereocenters. The topological polar surface area (TPSA) is 57.2 Å². The lowest BCUT2D eigenvalue weighted by Crippen LogP contribution is -2.31. The van der Waals surface area contributed by atoms with Gasteiger partial charge in [-0.15, -0.1) is 6.58 Å². The van der Waals surface area contributed by atoms with Gasteiger partial charge in [0.05, 0.1) is 24.3 Å². The number of benzene rings is 2. The highest BCUT2D eigenvalue weighted by atomic mass is 16.3. The van der Waals surface area contributed by atoms with Gasteiger partial charge in [0.15, 0.2) is 0 Å². The summed E-state index contributed by atoms with van der Waals surface area (Å²) in [6.07, 6.45) is 3.69. The Morgan fingerprint density at radius 1 is 1.22 bits per heavy atom. The largest absolute Gasteiger partial charge is 0.464 e. The first-order valence-corrected chi connectivity index (χ1v) is 8.87. The van der Waals surface area contributed by atoms with Crippen molar-refractivity contribution in [1.82, 2.24) is 4.90 Å². The van der Waals surface area contributed by atoms with Gasteiger partial charge in [-0.2, -0.15) is 5.26 Å². The minimum Gasteiger partial charge on any atom is -0.464 e. The fourth-order valence-corrected chi connectivity index (χ4v) is 3.12. The molecule has 0 N–H and O–H groups in total. The Kier molecular flexibility index (Phi) is 5.42. The Balaban J connectivity index is 1.80. The van der Waals surface area contributed by atoms with Crippen LogP contribution in [0.4, 0.5) is 0 Å². The lowest BCUT2D eigenvalue weighted by atomic mass is 10.0. The van der Waals surface area contributed by atoms with Gasteiger partial charge in [0, 0.05) is 24.0 Å². The minimum absolute atomic E-state index is 0.0141. The molecule has 0 fully saturated rings. The number of carbonyl (C=O) groups excluding carboxylic acids is 1. The molecule has 27 heavy (non-hydrogen) atoms. The van der Waals surface area contributed by atoms with Crippen LogP contribution in [-0.2, 0) is 17.8 Å². The molecule has 136 valence electrons. The Bertz CT molecular complexity index is 1020. The number of nitriles is 1. The zero-order valence-electron chi connectivity index (χ0n) is 15.7. The van der Waals surface area contributed by atoms with Gasteiger partial charge in [-0.05, 0) is 42.7 Å². The summed E-state index contributed by atoms with van der Waals surface area (Å²) in [5.74, 6) is 0.0141. The van der Waals surface area contributed by atoms with Crippen LogP contribution in [0.2, 0.25) is 0 Å². The van der Waals surface area contributed by atoms with Gasteiger partial charge in [-0.1, -0.05) is 30.3 Å². The summed E-state index contributed by atoms with van der Waals surface area (Å²) in [5, 5.41) is 9.90. The zero-order chi connectivity index (χ0) is 19.4. The molecule has 1 aromatic heterocycles. The van der Waals surface area contributed by atoms with E-state index in [2.05, 4.69) is 18.7 Å². The SMILES string of the molecule is C=CCN(Cc1ccc(C#N)cc1)C(=O)Cc1coc2c(C)c(C)ccc12. The Morgan fingerprint density at radius 3 is 2.63 bits per heavy atom. The Hall–Kier alpha value is -3.32. The molecule has 1 heterocycles. The second-order valence-corrected chi connectivity index (χ2v) is 6.69. The number of hydrogen-bond donors (Lipinski definition) is 0. The van der Waals surface area contributed by atoms with Crippen molar-refractivity contribution in [3.05, 3.63) is 83.1 Å². The first kappa shape index (κ1) is 18.5. The van der Waals surface area contributed by atoms with Gasteiger partial charge in [-0.25, -0.2) is 0 Å². The van der Waals surface area contributed by atoms with Crippen molar-refractivity contribution in [2.24, 2.45) is 0 Å². The Morgan fingerprint density at radius 2 is 1.96 bits per heavy atom. The van der Waals surface area contributed by atoms with Gasteiger partial charge >= 0.3 is 0 Å². The maximum absolute atomic E-state index is 12.9. The predicted octanol–water partition coefficient (Wildman–Crippen LogP) is 4.68. The molecule has 0 spiro atoms. The van der Waals surface area contributed by atoms with E-state index in [1.807, 2.05) is 32.0 Å². The normalized spacial score (nSPS) is 10.6. The van der Waals surface area contributed by atoms with E-state index in [1.165, 1.54) is 5.56 Å². The summed E-state index contributed by atoms with van der Waals surface area (Å²) >= 11 is 0. The van der Waals surface area contributed by atoms with Gasteiger partial charge in [0.1, 0.15) is 5.58 Å². The van der Waals surface area contributed by atoms with Crippen molar-refractivity contribution >= 4 is 16.9 Å². The summed E-state index contributed by atoms with van der Waals surface area (Å²) in [7, 11) is 0. The van der Waals surface area contributed by atoms with E-state index in [4.69, 9.17) is 9.68 Å². The van der Waals surface area contributed by atoms with Crippen LogP contribution in [0, 0.1) is 25.2 Å². The van der Waals surface area contributed by atoms with Crippen molar-refractivity contribution in [1.29, 1.82) is 5.26 Å². The summed E-state index contributed by atoms with van der Waals surface area (Å²) in [6, 6.07) is 13.5. The lowest BCUT2D eigenvalue weighted by Gasteiger charge is -2.21.